The molecule has 5 heteroatoms. The lowest BCUT2D eigenvalue weighted by Crippen LogP contribution is -1.98. The number of benzene rings is 2. The summed E-state index contributed by atoms with van der Waals surface area (Å²) in [6.07, 6.45) is 1.60. The Labute approximate surface area is 159 Å². The van der Waals surface area contributed by atoms with Gasteiger partial charge in [-0.05, 0) is 61.4 Å². The summed E-state index contributed by atoms with van der Waals surface area (Å²) in [7, 11) is 0. The van der Waals surface area contributed by atoms with Crippen LogP contribution in [0.3, 0.4) is 0 Å². The summed E-state index contributed by atoms with van der Waals surface area (Å²) in [4.78, 5) is 0. The third-order valence-corrected chi connectivity index (χ3v) is 3.76. The number of ether oxygens (including phenoxy) is 3. The number of halogens is 2. The summed E-state index contributed by atoms with van der Waals surface area (Å²) in [5, 5.41) is 0. The summed E-state index contributed by atoms with van der Waals surface area (Å²) >= 11 is 11.2. The van der Waals surface area contributed by atoms with Gasteiger partial charge in [0.25, 0.3) is 0 Å². The van der Waals surface area contributed by atoms with Gasteiger partial charge in [-0.3, -0.25) is 0 Å². The van der Waals surface area contributed by atoms with Crippen LogP contribution in [0.15, 0.2) is 53.0 Å². The highest BCUT2D eigenvalue weighted by Gasteiger charge is 2.11. The van der Waals surface area contributed by atoms with Crippen molar-refractivity contribution in [3.05, 3.63) is 58.6 Å². The molecule has 0 aliphatic heterocycles. The number of rotatable bonds is 8. The molecule has 2 rings (SSSR count). The van der Waals surface area contributed by atoms with Crippen molar-refractivity contribution in [2.75, 3.05) is 13.2 Å². The summed E-state index contributed by atoms with van der Waals surface area (Å²) in [6.45, 7) is 7.14. The molecule has 2 aromatic rings. The molecule has 3 nitrogen and oxygen atoms in total. The third-order valence-electron chi connectivity index (χ3n) is 3.45. The standard InChI is InChI=1S/C20H22Cl2O3/c1-4-23-15-5-7-16(8-6-15)25-19-10-9-17(13-18(19)14(2)3)24-12-11-20(21)22/h5-11,13-14H,4,12H2,1-3H3. The van der Waals surface area contributed by atoms with Crippen molar-refractivity contribution in [2.45, 2.75) is 26.7 Å². The van der Waals surface area contributed by atoms with Gasteiger partial charge in [-0.2, -0.15) is 0 Å². The van der Waals surface area contributed by atoms with Crippen molar-refractivity contribution in [1.82, 2.24) is 0 Å². The van der Waals surface area contributed by atoms with Crippen LogP contribution < -0.4 is 14.2 Å². The topological polar surface area (TPSA) is 27.7 Å². The van der Waals surface area contributed by atoms with Crippen molar-refractivity contribution < 1.29 is 14.2 Å². The van der Waals surface area contributed by atoms with E-state index in [1.807, 2.05) is 49.4 Å². The summed E-state index contributed by atoms with van der Waals surface area (Å²) in [6, 6.07) is 13.3. The molecule has 0 radical (unpaired) electrons. The predicted octanol–water partition coefficient (Wildman–Crippen LogP) is 6.70. The van der Waals surface area contributed by atoms with Crippen LogP contribution in [-0.4, -0.2) is 13.2 Å². The quantitative estimate of drug-likeness (QED) is 0.509. The van der Waals surface area contributed by atoms with E-state index < -0.39 is 0 Å². The Morgan fingerprint density at radius 2 is 1.60 bits per heavy atom. The lowest BCUT2D eigenvalue weighted by Gasteiger charge is -2.16. The van der Waals surface area contributed by atoms with Gasteiger partial charge in [-0.1, -0.05) is 37.0 Å². The Morgan fingerprint density at radius 1 is 0.960 bits per heavy atom. The van der Waals surface area contributed by atoms with E-state index in [9.17, 15) is 0 Å². The smallest absolute Gasteiger partial charge is 0.131 e. The molecule has 0 spiro atoms. The molecule has 0 aliphatic carbocycles. The maximum atomic E-state index is 6.04. The highest BCUT2D eigenvalue weighted by molar-refractivity contribution is 6.55. The Balaban J connectivity index is 2.15. The molecule has 0 fully saturated rings. The Hall–Kier alpha value is -1.84. The van der Waals surface area contributed by atoms with Crippen molar-refractivity contribution in [1.29, 1.82) is 0 Å². The number of hydrogen-bond donors (Lipinski definition) is 0. The maximum absolute atomic E-state index is 6.04. The summed E-state index contributed by atoms with van der Waals surface area (Å²) < 4.78 is 17.3. The molecule has 0 N–H and O–H groups in total. The van der Waals surface area contributed by atoms with Gasteiger partial charge in [-0.25, -0.2) is 0 Å². The molecule has 0 atom stereocenters. The largest absolute Gasteiger partial charge is 0.494 e. The zero-order valence-electron chi connectivity index (χ0n) is 14.6. The Kier molecular flexibility index (Phi) is 7.48. The first-order valence-corrected chi connectivity index (χ1v) is 8.93. The van der Waals surface area contributed by atoms with E-state index in [0.29, 0.717) is 13.2 Å². The average molecular weight is 381 g/mol. The van der Waals surface area contributed by atoms with Gasteiger partial charge in [0.2, 0.25) is 0 Å². The van der Waals surface area contributed by atoms with Crippen molar-refractivity contribution in [3.8, 4) is 23.0 Å². The molecular weight excluding hydrogens is 359 g/mol. The van der Waals surface area contributed by atoms with Crippen LogP contribution in [0, 0.1) is 0 Å². The van der Waals surface area contributed by atoms with E-state index in [2.05, 4.69) is 13.8 Å². The first kappa shape index (κ1) is 19.5. The zero-order valence-corrected chi connectivity index (χ0v) is 16.1. The van der Waals surface area contributed by atoms with E-state index in [4.69, 9.17) is 37.4 Å². The van der Waals surface area contributed by atoms with Crippen LogP contribution in [0.1, 0.15) is 32.3 Å². The van der Waals surface area contributed by atoms with Gasteiger partial charge in [0.05, 0.1) is 6.61 Å². The van der Waals surface area contributed by atoms with Gasteiger partial charge in [-0.15, -0.1) is 0 Å². The van der Waals surface area contributed by atoms with Crippen LogP contribution in [0.4, 0.5) is 0 Å². The summed E-state index contributed by atoms with van der Waals surface area (Å²) in [5.41, 5.74) is 1.06. The fourth-order valence-corrected chi connectivity index (χ4v) is 2.38. The predicted molar refractivity (Wildman–Crippen MR) is 104 cm³/mol. The lowest BCUT2D eigenvalue weighted by molar-refractivity contribution is 0.339. The second-order valence-electron chi connectivity index (χ2n) is 5.67. The molecule has 0 saturated heterocycles. The van der Waals surface area contributed by atoms with Gasteiger partial charge in [0.15, 0.2) is 0 Å². The molecule has 0 heterocycles. The van der Waals surface area contributed by atoms with Gasteiger partial charge in [0, 0.05) is 5.56 Å². The monoisotopic (exact) mass is 380 g/mol. The summed E-state index contributed by atoms with van der Waals surface area (Å²) in [5.74, 6) is 3.42. The molecule has 0 bridgehead atoms. The van der Waals surface area contributed by atoms with Crippen LogP contribution in [-0.2, 0) is 0 Å². The fourth-order valence-electron chi connectivity index (χ4n) is 2.26. The average Bonchev–Trinajstić information content (AvgIpc) is 2.57. The van der Waals surface area contributed by atoms with Crippen molar-refractivity contribution >= 4 is 23.2 Å². The molecule has 0 unspecified atom stereocenters. The minimum absolute atomic E-state index is 0.194. The van der Waals surface area contributed by atoms with Crippen molar-refractivity contribution in [3.63, 3.8) is 0 Å². The van der Waals surface area contributed by atoms with Gasteiger partial charge >= 0.3 is 0 Å². The van der Waals surface area contributed by atoms with Crippen molar-refractivity contribution in [2.24, 2.45) is 0 Å². The molecule has 0 aliphatic rings. The van der Waals surface area contributed by atoms with E-state index in [1.54, 1.807) is 6.08 Å². The number of hydrogen-bond acceptors (Lipinski definition) is 3. The normalized spacial score (nSPS) is 10.5. The second kappa shape index (κ2) is 9.59. The molecule has 2 aromatic carbocycles. The molecule has 0 saturated carbocycles. The fraction of sp³-hybridized carbons (Fsp3) is 0.300. The minimum atomic E-state index is 0.194. The highest BCUT2D eigenvalue weighted by atomic mass is 35.5. The molecule has 0 aromatic heterocycles. The SMILES string of the molecule is CCOc1ccc(Oc2ccc(OCC=C(Cl)Cl)cc2C(C)C)cc1. The van der Waals surface area contributed by atoms with E-state index >= 15 is 0 Å². The van der Waals surface area contributed by atoms with E-state index in [0.717, 1.165) is 28.6 Å². The third kappa shape index (κ3) is 6.18. The molecular formula is C20H22Cl2O3. The molecule has 134 valence electrons. The maximum Gasteiger partial charge on any atom is 0.131 e. The van der Waals surface area contributed by atoms with Crippen LogP contribution >= 0.6 is 23.2 Å². The van der Waals surface area contributed by atoms with Gasteiger partial charge < -0.3 is 14.2 Å². The Bertz CT molecular complexity index is 705. The highest BCUT2D eigenvalue weighted by Crippen LogP contribution is 2.34. The first-order valence-electron chi connectivity index (χ1n) is 8.18. The van der Waals surface area contributed by atoms with Crippen LogP contribution in [0.5, 0.6) is 23.0 Å². The van der Waals surface area contributed by atoms with Crippen LogP contribution in [0.2, 0.25) is 0 Å². The lowest BCUT2D eigenvalue weighted by atomic mass is 10.0. The van der Waals surface area contributed by atoms with Crippen LogP contribution in [0.25, 0.3) is 0 Å². The minimum Gasteiger partial charge on any atom is -0.494 e. The first-order chi connectivity index (χ1) is 12.0. The molecule has 0 amide bonds. The van der Waals surface area contributed by atoms with E-state index in [1.165, 1.54) is 0 Å². The van der Waals surface area contributed by atoms with Gasteiger partial charge in [0.1, 0.15) is 34.1 Å². The zero-order chi connectivity index (χ0) is 18.2. The molecule has 25 heavy (non-hydrogen) atoms. The second-order valence-corrected chi connectivity index (χ2v) is 6.67. The Morgan fingerprint density at radius 3 is 2.20 bits per heavy atom. The van der Waals surface area contributed by atoms with E-state index in [-0.39, 0.29) is 10.4 Å².